The number of likely N-dealkylation sites (tertiary alicyclic amines) is 1. The van der Waals surface area contributed by atoms with Crippen LogP contribution >= 0.6 is 11.6 Å². The fraction of sp³-hybridized carbons (Fsp3) is 0.478. The maximum absolute atomic E-state index is 12.7. The molecule has 2 N–H and O–H groups in total. The van der Waals surface area contributed by atoms with E-state index in [-0.39, 0.29) is 24.8 Å². The van der Waals surface area contributed by atoms with Crippen molar-refractivity contribution in [1.82, 2.24) is 10.2 Å². The van der Waals surface area contributed by atoms with E-state index in [4.69, 9.17) is 16.0 Å². The summed E-state index contributed by atoms with van der Waals surface area (Å²) in [5.74, 6) is -0.652. The number of amides is 1. The van der Waals surface area contributed by atoms with E-state index in [1.54, 1.807) is 30.5 Å². The van der Waals surface area contributed by atoms with Crippen molar-refractivity contribution in [3.8, 4) is 0 Å². The Hall–Kier alpha value is -2.31. The van der Waals surface area contributed by atoms with E-state index < -0.39 is 11.9 Å². The molecule has 6 nitrogen and oxygen atoms in total. The van der Waals surface area contributed by atoms with Gasteiger partial charge in [-0.15, -0.1) is 0 Å². The van der Waals surface area contributed by atoms with E-state index in [1.807, 2.05) is 12.1 Å². The van der Waals surface area contributed by atoms with Crippen LogP contribution in [-0.4, -0.2) is 41.5 Å². The Morgan fingerprint density at radius 1 is 1.07 bits per heavy atom. The number of carboxylic acid groups (broad SMARTS) is 1. The maximum Gasteiger partial charge on any atom is 0.303 e. The first-order valence-corrected chi connectivity index (χ1v) is 10.9. The average molecular weight is 433 g/mol. The van der Waals surface area contributed by atoms with Gasteiger partial charge in [0.05, 0.1) is 18.7 Å². The summed E-state index contributed by atoms with van der Waals surface area (Å²) in [4.78, 5) is 26.4. The summed E-state index contributed by atoms with van der Waals surface area (Å²) < 4.78 is 5.65. The molecule has 0 aliphatic carbocycles. The van der Waals surface area contributed by atoms with Crippen LogP contribution in [-0.2, 0) is 9.59 Å². The van der Waals surface area contributed by atoms with Gasteiger partial charge in [0.1, 0.15) is 5.76 Å². The van der Waals surface area contributed by atoms with Gasteiger partial charge in [-0.05, 0) is 55.8 Å². The highest BCUT2D eigenvalue weighted by Crippen LogP contribution is 2.27. The summed E-state index contributed by atoms with van der Waals surface area (Å²) in [7, 11) is 0. The molecule has 1 aromatic carbocycles. The lowest BCUT2D eigenvalue weighted by atomic mass is 9.92. The predicted octanol–water partition coefficient (Wildman–Crippen LogP) is 4.61. The lowest BCUT2D eigenvalue weighted by molar-refractivity contribution is -0.137. The molecular weight excluding hydrogens is 404 g/mol. The summed E-state index contributed by atoms with van der Waals surface area (Å²) in [5.41, 5.74) is 0.798. The number of carbonyl (C=O) groups excluding carboxylic acids is 1. The lowest BCUT2D eigenvalue weighted by Crippen LogP contribution is -2.39. The van der Waals surface area contributed by atoms with E-state index in [2.05, 4.69) is 10.2 Å². The molecule has 1 fully saturated rings. The topological polar surface area (TPSA) is 82.8 Å². The molecular formula is C23H29ClN2O4. The van der Waals surface area contributed by atoms with Crippen LogP contribution < -0.4 is 5.32 Å². The molecule has 162 valence electrons. The van der Waals surface area contributed by atoms with Crippen LogP contribution in [0, 0.1) is 0 Å². The summed E-state index contributed by atoms with van der Waals surface area (Å²) in [6.07, 6.45) is 6.40. The van der Waals surface area contributed by atoms with E-state index >= 15 is 0 Å². The zero-order valence-corrected chi connectivity index (χ0v) is 17.8. The lowest BCUT2D eigenvalue weighted by Gasteiger charge is -2.29. The SMILES string of the molecule is O=C(O)CC(CC(=O)NCC(c1ccco1)N1CCCCCC1)c1ccc(Cl)cc1. The Bertz CT molecular complexity index is 799. The van der Waals surface area contributed by atoms with Crippen molar-refractivity contribution < 1.29 is 19.1 Å². The molecule has 3 rings (SSSR count). The molecule has 2 unspecified atom stereocenters. The number of furan rings is 1. The third-order valence-corrected chi connectivity index (χ3v) is 5.89. The van der Waals surface area contributed by atoms with Gasteiger partial charge in [-0.25, -0.2) is 0 Å². The minimum atomic E-state index is -0.930. The largest absolute Gasteiger partial charge is 0.481 e. The molecule has 2 aromatic rings. The molecule has 2 heterocycles. The van der Waals surface area contributed by atoms with Crippen LogP contribution in [0.15, 0.2) is 47.1 Å². The van der Waals surface area contributed by atoms with Gasteiger partial charge in [-0.2, -0.15) is 0 Å². The second kappa shape index (κ2) is 11.2. The second-order valence-corrected chi connectivity index (χ2v) is 8.27. The number of aliphatic carboxylic acids is 1. The monoisotopic (exact) mass is 432 g/mol. The van der Waals surface area contributed by atoms with Gasteiger partial charge in [0.2, 0.25) is 5.91 Å². The molecule has 0 bridgehead atoms. The van der Waals surface area contributed by atoms with Crippen molar-refractivity contribution >= 4 is 23.5 Å². The van der Waals surface area contributed by atoms with Crippen LogP contribution in [0.3, 0.4) is 0 Å². The Balaban J connectivity index is 1.64. The fourth-order valence-corrected chi connectivity index (χ4v) is 4.18. The number of benzene rings is 1. The standard InChI is InChI=1S/C23H29ClN2O4/c24-19-9-7-17(8-10-19)18(15-23(28)29)14-22(27)25-16-20(21-6-5-13-30-21)26-11-3-1-2-4-12-26/h5-10,13,18,20H,1-4,11-12,14-16H2,(H,25,27)(H,28,29). The molecule has 1 saturated heterocycles. The number of hydrogen-bond acceptors (Lipinski definition) is 4. The van der Waals surface area contributed by atoms with Crippen molar-refractivity contribution in [3.63, 3.8) is 0 Å². The second-order valence-electron chi connectivity index (χ2n) is 7.84. The maximum atomic E-state index is 12.7. The van der Waals surface area contributed by atoms with Crippen LogP contribution in [0.1, 0.15) is 61.8 Å². The smallest absolute Gasteiger partial charge is 0.303 e. The zero-order chi connectivity index (χ0) is 21.3. The molecule has 0 radical (unpaired) electrons. The molecule has 1 aliphatic rings. The van der Waals surface area contributed by atoms with Crippen LogP contribution in [0.25, 0.3) is 0 Å². The van der Waals surface area contributed by atoms with Crippen molar-refractivity contribution in [2.45, 2.75) is 50.5 Å². The van der Waals surface area contributed by atoms with E-state index in [9.17, 15) is 14.7 Å². The molecule has 2 atom stereocenters. The van der Waals surface area contributed by atoms with Crippen molar-refractivity contribution in [2.75, 3.05) is 19.6 Å². The number of carboxylic acids is 1. The number of rotatable bonds is 9. The minimum absolute atomic E-state index is 0.0181. The molecule has 0 saturated carbocycles. The number of hydrogen-bond donors (Lipinski definition) is 2. The van der Waals surface area contributed by atoms with E-state index in [1.165, 1.54) is 12.8 Å². The highest BCUT2D eigenvalue weighted by atomic mass is 35.5. The fourth-order valence-electron chi connectivity index (χ4n) is 4.06. The Labute approximate surface area is 182 Å². The molecule has 30 heavy (non-hydrogen) atoms. The first kappa shape index (κ1) is 22.4. The molecule has 7 heteroatoms. The predicted molar refractivity (Wildman–Crippen MR) is 116 cm³/mol. The molecule has 1 aliphatic heterocycles. The quantitative estimate of drug-likeness (QED) is 0.604. The first-order valence-electron chi connectivity index (χ1n) is 10.5. The summed E-state index contributed by atoms with van der Waals surface area (Å²) in [5, 5.41) is 12.9. The van der Waals surface area contributed by atoms with E-state index in [0.29, 0.717) is 11.6 Å². The third-order valence-electron chi connectivity index (χ3n) is 5.64. The zero-order valence-electron chi connectivity index (χ0n) is 17.1. The first-order chi connectivity index (χ1) is 14.5. The van der Waals surface area contributed by atoms with Crippen LogP contribution in [0.4, 0.5) is 0 Å². The van der Waals surface area contributed by atoms with Gasteiger partial charge < -0.3 is 14.8 Å². The number of nitrogens with one attached hydrogen (secondary N) is 1. The highest BCUT2D eigenvalue weighted by Gasteiger charge is 2.25. The third kappa shape index (κ3) is 6.61. The van der Waals surface area contributed by atoms with Gasteiger partial charge in [0, 0.05) is 23.9 Å². The van der Waals surface area contributed by atoms with Crippen molar-refractivity contribution in [1.29, 1.82) is 0 Å². The van der Waals surface area contributed by atoms with Crippen molar-refractivity contribution in [3.05, 3.63) is 59.0 Å². The number of halogens is 1. The normalized spacial score (nSPS) is 17.1. The average Bonchev–Trinajstić information content (AvgIpc) is 3.11. The summed E-state index contributed by atoms with van der Waals surface area (Å²) in [6, 6.07) is 10.8. The van der Waals surface area contributed by atoms with Gasteiger partial charge in [0.15, 0.2) is 0 Å². The van der Waals surface area contributed by atoms with E-state index in [0.717, 1.165) is 37.3 Å². The Morgan fingerprint density at radius 2 is 1.77 bits per heavy atom. The van der Waals surface area contributed by atoms with Gasteiger partial charge in [0.25, 0.3) is 0 Å². The summed E-state index contributed by atoms with van der Waals surface area (Å²) >= 11 is 5.94. The van der Waals surface area contributed by atoms with Crippen LogP contribution in [0.2, 0.25) is 5.02 Å². The number of carbonyl (C=O) groups is 2. The van der Waals surface area contributed by atoms with Crippen molar-refractivity contribution in [2.24, 2.45) is 0 Å². The molecule has 1 aromatic heterocycles. The Morgan fingerprint density at radius 3 is 2.37 bits per heavy atom. The van der Waals surface area contributed by atoms with Crippen LogP contribution in [0.5, 0.6) is 0 Å². The number of nitrogens with zero attached hydrogens (tertiary/aromatic N) is 1. The summed E-state index contributed by atoms with van der Waals surface area (Å²) in [6.45, 7) is 2.40. The minimum Gasteiger partial charge on any atom is -0.481 e. The van der Waals surface area contributed by atoms with Gasteiger partial charge in [-0.1, -0.05) is 36.6 Å². The van der Waals surface area contributed by atoms with Gasteiger partial charge >= 0.3 is 5.97 Å². The van der Waals surface area contributed by atoms with Gasteiger partial charge in [-0.3, -0.25) is 14.5 Å². The molecule has 1 amide bonds. The highest BCUT2D eigenvalue weighted by molar-refractivity contribution is 6.30. The molecule has 0 spiro atoms. The Kier molecular flexibility index (Phi) is 8.34.